The zero-order chi connectivity index (χ0) is 12.3. The largest absolute Gasteiger partial charge is 0.370 e. The van der Waals surface area contributed by atoms with Crippen LogP contribution in [0.5, 0.6) is 0 Å². The quantitative estimate of drug-likeness (QED) is 0.636. The van der Waals surface area contributed by atoms with E-state index in [1.54, 1.807) is 0 Å². The molecule has 3 nitrogen and oxygen atoms in total. The van der Waals surface area contributed by atoms with E-state index >= 15 is 0 Å². The van der Waals surface area contributed by atoms with Crippen molar-refractivity contribution >= 4 is 5.96 Å². The minimum Gasteiger partial charge on any atom is -0.370 e. The number of hydrogen-bond donors (Lipinski definition) is 1. The van der Waals surface area contributed by atoms with Crippen molar-refractivity contribution in [2.45, 2.75) is 26.2 Å². The van der Waals surface area contributed by atoms with Crippen molar-refractivity contribution in [3.8, 4) is 0 Å². The lowest BCUT2D eigenvalue weighted by molar-refractivity contribution is 0.456. The number of nitrogens with zero attached hydrogens (tertiary/aromatic N) is 2. The van der Waals surface area contributed by atoms with Gasteiger partial charge in [0, 0.05) is 25.6 Å². The summed E-state index contributed by atoms with van der Waals surface area (Å²) in [5.41, 5.74) is 8.88. The molecule has 0 radical (unpaired) electrons. The standard InChI is InChI=1S/C14H21N3/c1-3-17(4-2)14(15)16-10-12-9-11-7-5-6-8-13(11)12/h5-8,12H,3-4,9-10H2,1-2H3,(H2,15,16). The van der Waals surface area contributed by atoms with Crippen LogP contribution in [-0.4, -0.2) is 30.5 Å². The zero-order valence-electron chi connectivity index (χ0n) is 10.7. The van der Waals surface area contributed by atoms with Crippen LogP contribution in [0.2, 0.25) is 0 Å². The first-order valence-electron chi connectivity index (χ1n) is 6.38. The Morgan fingerprint density at radius 1 is 1.35 bits per heavy atom. The molecular formula is C14H21N3. The molecule has 0 amide bonds. The van der Waals surface area contributed by atoms with Crippen molar-refractivity contribution in [3.63, 3.8) is 0 Å². The number of fused-ring (bicyclic) bond motifs is 1. The first-order chi connectivity index (χ1) is 8.26. The van der Waals surface area contributed by atoms with Gasteiger partial charge in [-0.05, 0) is 31.4 Å². The summed E-state index contributed by atoms with van der Waals surface area (Å²) in [4.78, 5) is 6.60. The Morgan fingerprint density at radius 3 is 2.71 bits per heavy atom. The van der Waals surface area contributed by atoms with E-state index in [4.69, 9.17) is 5.73 Å². The fourth-order valence-electron chi connectivity index (χ4n) is 2.38. The molecule has 0 saturated carbocycles. The van der Waals surface area contributed by atoms with Gasteiger partial charge in [-0.2, -0.15) is 0 Å². The summed E-state index contributed by atoms with van der Waals surface area (Å²) < 4.78 is 0. The second-order valence-electron chi connectivity index (χ2n) is 4.47. The third-order valence-electron chi connectivity index (χ3n) is 3.52. The lowest BCUT2D eigenvalue weighted by Crippen LogP contribution is -2.37. The highest BCUT2D eigenvalue weighted by molar-refractivity contribution is 5.78. The zero-order valence-corrected chi connectivity index (χ0v) is 10.7. The van der Waals surface area contributed by atoms with Crippen LogP contribution in [0.15, 0.2) is 29.3 Å². The van der Waals surface area contributed by atoms with Gasteiger partial charge in [0.25, 0.3) is 0 Å². The Labute approximate surface area is 103 Å². The highest BCUT2D eigenvalue weighted by Gasteiger charge is 2.24. The fourth-order valence-corrected chi connectivity index (χ4v) is 2.38. The highest BCUT2D eigenvalue weighted by Crippen LogP contribution is 2.34. The summed E-state index contributed by atoms with van der Waals surface area (Å²) in [6.45, 7) is 6.87. The van der Waals surface area contributed by atoms with Gasteiger partial charge in [-0.25, -0.2) is 0 Å². The van der Waals surface area contributed by atoms with E-state index in [2.05, 4.69) is 48.0 Å². The SMILES string of the molecule is CCN(CC)C(N)=NCC1Cc2ccccc21. The van der Waals surface area contributed by atoms with Gasteiger partial charge in [-0.1, -0.05) is 24.3 Å². The van der Waals surface area contributed by atoms with Gasteiger partial charge in [0.05, 0.1) is 0 Å². The molecule has 1 unspecified atom stereocenters. The van der Waals surface area contributed by atoms with Crippen LogP contribution in [0, 0.1) is 0 Å². The average Bonchev–Trinajstić information content (AvgIpc) is 2.32. The van der Waals surface area contributed by atoms with Gasteiger partial charge in [-0.3, -0.25) is 4.99 Å². The number of rotatable bonds is 4. The lowest BCUT2D eigenvalue weighted by Gasteiger charge is -2.29. The van der Waals surface area contributed by atoms with Gasteiger partial charge < -0.3 is 10.6 Å². The van der Waals surface area contributed by atoms with Gasteiger partial charge >= 0.3 is 0 Å². The predicted octanol–water partition coefficient (Wildman–Crippen LogP) is 1.98. The Bertz CT molecular complexity index is 408. The molecule has 0 fully saturated rings. The summed E-state index contributed by atoms with van der Waals surface area (Å²) in [5, 5.41) is 0. The molecule has 1 aliphatic carbocycles. The van der Waals surface area contributed by atoms with Crippen molar-refractivity contribution in [2.24, 2.45) is 10.7 Å². The van der Waals surface area contributed by atoms with Gasteiger partial charge in [0.1, 0.15) is 0 Å². The summed E-state index contributed by atoms with van der Waals surface area (Å²) in [5.74, 6) is 1.25. The molecule has 2 N–H and O–H groups in total. The van der Waals surface area contributed by atoms with Crippen LogP contribution in [-0.2, 0) is 6.42 Å². The molecule has 17 heavy (non-hydrogen) atoms. The Morgan fingerprint density at radius 2 is 2.06 bits per heavy atom. The van der Waals surface area contributed by atoms with E-state index in [9.17, 15) is 0 Å². The van der Waals surface area contributed by atoms with E-state index in [0.29, 0.717) is 11.9 Å². The molecule has 1 aliphatic rings. The molecule has 2 rings (SSSR count). The summed E-state index contributed by atoms with van der Waals surface area (Å²) in [6.07, 6.45) is 1.14. The minimum absolute atomic E-state index is 0.570. The van der Waals surface area contributed by atoms with Gasteiger partial charge in [-0.15, -0.1) is 0 Å². The Kier molecular flexibility index (Phi) is 3.67. The van der Waals surface area contributed by atoms with E-state index in [1.807, 2.05) is 0 Å². The van der Waals surface area contributed by atoms with E-state index in [0.717, 1.165) is 26.1 Å². The molecule has 0 saturated heterocycles. The topological polar surface area (TPSA) is 41.6 Å². The van der Waals surface area contributed by atoms with Crippen molar-refractivity contribution in [1.29, 1.82) is 0 Å². The Hall–Kier alpha value is -1.51. The third kappa shape index (κ3) is 2.43. The number of hydrogen-bond acceptors (Lipinski definition) is 1. The molecule has 1 atom stereocenters. The molecule has 92 valence electrons. The third-order valence-corrected chi connectivity index (χ3v) is 3.52. The van der Waals surface area contributed by atoms with E-state index in [1.165, 1.54) is 11.1 Å². The van der Waals surface area contributed by atoms with Crippen LogP contribution in [0.3, 0.4) is 0 Å². The number of benzene rings is 1. The number of nitrogens with two attached hydrogens (primary N) is 1. The van der Waals surface area contributed by atoms with E-state index in [-0.39, 0.29) is 0 Å². The molecule has 0 aliphatic heterocycles. The molecule has 1 aromatic rings. The molecule has 3 heteroatoms. The fraction of sp³-hybridized carbons (Fsp3) is 0.500. The minimum atomic E-state index is 0.570. The normalized spacial score (nSPS) is 18.5. The van der Waals surface area contributed by atoms with Crippen molar-refractivity contribution in [2.75, 3.05) is 19.6 Å². The molecule has 0 heterocycles. The van der Waals surface area contributed by atoms with E-state index < -0.39 is 0 Å². The predicted molar refractivity (Wildman–Crippen MR) is 72.3 cm³/mol. The Balaban J connectivity index is 1.94. The first-order valence-corrected chi connectivity index (χ1v) is 6.38. The maximum absolute atomic E-state index is 5.96. The lowest BCUT2D eigenvalue weighted by atomic mass is 9.78. The van der Waals surface area contributed by atoms with Gasteiger partial charge in [0.2, 0.25) is 0 Å². The smallest absolute Gasteiger partial charge is 0.191 e. The summed E-state index contributed by atoms with van der Waals surface area (Å²) in [6, 6.07) is 8.60. The van der Waals surface area contributed by atoms with Crippen molar-refractivity contribution in [3.05, 3.63) is 35.4 Å². The highest BCUT2D eigenvalue weighted by atomic mass is 15.2. The first kappa shape index (κ1) is 12.0. The van der Waals surface area contributed by atoms with Crippen LogP contribution < -0.4 is 5.73 Å². The van der Waals surface area contributed by atoms with Crippen LogP contribution in [0.4, 0.5) is 0 Å². The van der Waals surface area contributed by atoms with Crippen LogP contribution in [0.25, 0.3) is 0 Å². The number of guanidine groups is 1. The summed E-state index contributed by atoms with van der Waals surface area (Å²) in [7, 11) is 0. The summed E-state index contributed by atoms with van der Waals surface area (Å²) >= 11 is 0. The van der Waals surface area contributed by atoms with Crippen LogP contribution in [0.1, 0.15) is 30.9 Å². The second-order valence-corrected chi connectivity index (χ2v) is 4.47. The molecule has 1 aromatic carbocycles. The number of aliphatic imine (C=N–C) groups is 1. The van der Waals surface area contributed by atoms with Crippen molar-refractivity contribution in [1.82, 2.24) is 4.90 Å². The molecule has 0 spiro atoms. The molecule has 0 aromatic heterocycles. The maximum atomic E-state index is 5.96. The molecular weight excluding hydrogens is 210 g/mol. The van der Waals surface area contributed by atoms with Crippen molar-refractivity contribution < 1.29 is 0 Å². The molecule has 0 bridgehead atoms. The van der Waals surface area contributed by atoms with Crippen LogP contribution >= 0.6 is 0 Å². The van der Waals surface area contributed by atoms with Gasteiger partial charge in [0.15, 0.2) is 5.96 Å². The maximum Gasteiger partial charge on any atom is 0.191 e. The average molecular weight is 231 g/mol. The monoisotopic (exact) mass is 231 g/mol. The second kappa shape index (κ2) is 5.21.